The third kappa shape index (κ3) is 7.41. The summed E-state index contributed by atoms with van der Waals surface area (Å²) in [7, 11) is 0. The number of carbonyl (C=O) groups excluding carboxylic acids is 1. The summed E-state index contributed by atoms with van der Waals surface area (Å²) in [6.07, 6.45) is 3.90. The Hall–Kier alpha value is -1.65. The number of benzene rings is 1. The number of rotatable bonds is 6. The van der Waals surface area contributed by atoms with Crippen LogP contribution in [-0.2, 0) is 14.3 Å². The molecule has 1 rings (SSSR count). The van der Waals surface area contributed by atoms with Gasteiger partial charge in [-0.15, -0.1) is 0 Å². The molecule has 1 aromatic carbocycles. The molecule has 0 amide bonds. The normalized spacial score (nSPS) is 16.5. The van der Waals surface area contributed by atoms with Gasteiger partial charge in [-0.2, -0.15) is 0 Å². The first-order valence-electron chi connectivity index (χ1n) is 8.73. The molecule has 1 aromatic rings. The minimum absolute atomic E-state index is 0.0890. The van der Waals surface area contributed by atoms with Crippen molar-refractivity contribution in [2.24, 2.45) is 11.7 Å². The summed E-state index contributed by atoms with van der Waals surface area (Å²) in [5.74, 6) is -0.709. The van der Waals surface area contributed by atoms with Gasteiger partial charge < -0.3 is 15.2 Å². The highest BCUT2D eigenvalue weighted by Crippen LogP contribution is 2.25. The number of nitrogens with two attached hydrogens (primary N) is 1. The quantitative estimate of drug-likeness (QED) is 0.784. The zero-order valence-corrected chi connectivity index (χ0v) is 16.6. The van der Waals surface area contributed by atoms with E-state index in [9.17, 15) is 4.79 Å². The molecular weight excluding hydrogens is 314 g/mol. The van der Waals surface area contributed by atoms with Crippen molar-refractivity contribution in [1.29, 1.82) is 0 Å². The summed E-state index contributed by atoms with van der Waals surface area (Å²) in [6.45, 7) is 13.3. The molecule has 0 aliphatic carbocycles. The maximum Gasteiger partial charge on any atom is 0.329 e. The highest BCUT2D eigenvalue weighted by Gasteiger charge is 2.43. The van der Waals surface area contributed by atoms with Gasteiger partial charge in [-0.1, -0.05) is 49.4 Å². The second-order valence-corrected chi connectivity index (χ2v) is 8.50. The summed E-state index contributed by atoms with van der Waals surface area (Å²) in [6, 6.07) is 9.90. The number of esters is 1. The van der Waals surface area contributed by atoms with Crippen molar-refractivity contribution in [1.82, 2.24) is 0 Å². The van der Waals surface area contributed by atoms with E-state index in [-0.39, 0.29) is 12.5 Å². The fraction of sp³-hybridized carbons (Fsp3) is 0.571. The van der Waals surface area contributed by atoms with Crippen molar-refractivity contribution in [3.8, 4) is 0 Å². The second-order valence-electron chi connectivity index (χ2n) is 8.50. The SMILES string of the molecule is C[C@@H](/C=C/c1ccccc1)[C@@](N)(COC(C)(C)C)C(=O)OC(C)(C)C. The van der Waals surface area contributed by atoms with Gasteiger partial charge in [0, 0.05) is 5.92 Å². The van der Waals surface area contributed by atoms with Crippen molar-refractivity contribution in [3.05, 3.63) is 42.0 Å². The van der Waals surface area contributed by atoms with E-state index in [4.69, 9.17) is 15.2 Å². The topological polar surface area (TPSA) is 61.5 Å². The zero-order valence-electron chi connectivity index (χ0n) is 16.6. The smallest absolute Gasteiger partial charge is 0.329 e. The Balaban J connectivity index is 3.03. The molecule has 25 heavy (non-hydrogen) atoms. The monoisotopic (exact) mass is 347 g/mol. The van der Waals surface area contributed by atoms with Crippen molar-refractivity contribution < 1.29 is 14.3 Å². The molecule has 140 valence electrons. The lowest BCUT2D eigenvalue weighted by Gasteiger charge is -2.36. The maximum absolute atomic E-state index is 12.8. The van der Waals surface area contributed by atoms with Crippen molar-refractivity contribution in [2.45, 2.75) is 65.2 Å². The van der Waals surface area contributed by atoms with Crippen LogP contribution >= 0.6 is 0 Å². The van der Waals surface area contributed by atoms with Gasteiger partial charge in [-0.25, -0.2) is 4.79 Å². The lowest BCUT2D eigenvalue weighted by molar-refractivity contribution is -0.168. The van der Waals surface area contributed by atoms with Crippen LogP contribution < -0.4 is 5.73 Å². The van der Waals surface area contributed by atoms with E-state index >= 15 is 0 Å². The fourth-order valence-corrected chi connectivity index (χ4v) is 2.08. The standard InChI is InChI=1S/C21H33NO3/c1-16(13-14-17-11-9-8-10-12-17)21(22,15-24-19(2,3)4)18(23)25-20(5,6)7/h8-14,16H,15,22H2,1-7H3/b14-13+/t16-,21-/m0/s1. The molecule has 0 radical (unpaired) electrons. The molecule has 0 bridgehead atoms. The first kappa shape index (κ1) is 21.4. The lowest BCUT2D eigenvalue weighted by Crippen LogP contribution is -2.59. The molecule has 0 aliphatic heterocycles. The molecule has 2 atom stereocenters. The second kappa shape index (κ2) is 8.15. The number of carbonyl (C=O) groups is 1. The van der Waals surface area contributed by atoms with Gasteiger partial charge in [0.2, 0.25) is 0 Å². The van der Waals surface area contributed by atoms with Crippen LogP contribution in [-0.4, -0.2) is 29.3 Å². The van der Waals surface area contributed by atoms with Crippen molar-refractivity contribution in [3.63, 3.8) is 0 Å². The van der Waals surface area contributed by atoms with Crippen molar-refractivity contribution in [2.75, 3.05) is 6.61 Å². The van der Waals surface area contributed by atoms with E-state index in [1.165, 1.54) is 0 Å². The minimum atomic E-state index is -1.26. The third-order valence-electron chi connectivity index (χ3n) is 3.71. The Morgan fingerprint density at radius 2 is 1.64 bits per heavy atom. The predicted octanol–water partition coefficient (Wildman–Crippen LogP) is 4.19. The Morgan fingerprint density at radius 1 is 1.08 bits per heavy atom. The molecule has 4 heteroatoms. The molecule has 0 spiro atoms. The van der Waals surface area contributed by atoms with Crippen molar-refractivity contribution >= 4 is 12.0 Å². The first-order valence-corrected chi connectivity index (χ1v) is 8.73. The van der Waals surface area contributed by atoms with Gasteiger partial charge in [0.1, 0.15) is 11.1 Å². The van der Waals surface area contributed by atoms with E-state index in [0.29, 0.717) is 0 Å². The highest BCUT2D eigenvalue weighted by atomic mass is 16.6. The van der Waals surface area contributed by atoms with Gasteiger partial charge in [-0.3, -0.25) is 0 Å². The van der Waals surface area contributed by atoms with Crippen LogP contribution in [0.4, 0.5) is 0 Å². The van der Waals surface area contributed by atoms with Gasteiger partial charge in [-0.05, 0) is 47.1 Å². The van der Waals surface area contributed by atoms with E-state index in [0.717, 1.165) is 5.56 Å². The molecular formula is C21H33NO3. The zero-order chi connectivity index (χ0) is 19.3. The van der Waals surface area contributed by atoms with Gasteiger partial charge in [0.05, 0.1) is 12.2 Å². The summed E-state index contributed by atoms with van der Waals surface area (Å²) < 4.78 is 11.4. The Labute approximate surface area is 152 Å². The van der Waals surface area contributed by atoms with Crippen LogP contribution in [0.5, 0.6) is 0 Å². The van der Waals surface area contributed by atoms with Crippen LogP contribution in [0.1, 0.15) is 54.0 Å². The minimum Gasteiger partial charge on any atom is -0.459 e. The molecule has 0 fully saturated rings. The average molecular weight is 347 g/mol. The predicted molar refractivity (Wildman–Crippen MR) is 103 cm³/mol. The molecule has 0 saturated carbocycles. The molecule has 0 aliphatic rings. The number of hydrogen-bond acceptors (Lipinski definition) is 4. The van der Waals surface area contributed by atoms with Gasteiger partial charge >= 0.3 is 5.97 Å². The summed E-state index contributed by atoms with van der Waals surface area (Å²) in [4.78, 5) is 12.8. The van der Waals surface area contributed by atoms with Crippen LogP contribution in [0.3, 0.4) is 0 Å². The van der Waals surface area contributed by atoms with E-state index < -0.39 is 22.7 Å². The fourth-order valence-electron chi connectivity index (χ4n) is 2.08. The maximum atomic E-state index is 12.8. The number of ether oxygens (including phenoxy) is 2. The summed E-state index contributed by atoms with van der Waals surface area (Å²) >= 11 is 0. The molecule has 0 unspecified atom stereocenters. The van der Waals surface area contributed by atoms with E-state index in [2.05, 4.69) is 0 Å². The van der Waals surface area contributed by atoms with Crippen LogP contribution in [0, 0.1) is 5.92 Å². The van der Waals surface area contributed by atoms with E-state index in [1.807, 2.05) is 91.0 Å². The van der Waals surface area contributed by atoms with Crippen LogP contribution in [0.15, 0.2) is 36.4 Å². The molecule has 0 saturated heterocycles. The van der Waals surface area contributed by atoms with Crippen LogP contribution in [0.25, 0.3) is 6.08 Å². The Bertz CT molecular complexity index is 581. The van der Waals surface area contributed by atoms with Gasteiger partial charge in [0.25, 0.3) is 0 Å². The largest absolute Gasteiger partial charge is 0.459 e. The van der Waals surface area contributed by atoms with Gasteiger partial charge in [0.15, 0.2) is 0 Å². The number of hydrogen-bond donors (Lipinski definition) is 1. The van der Waals surface area contributed by atoms with Crippen LogP contribution in [0.2, 0.25) is 0 Å². The summed E-state index contributed by atoms with van der Waals surface area (Å²) in [5.41, 5.74) is 5.31. The average Bonchev–Trinajstić information content (AvgIpc) is 2.48. The first-order chi connectivity index (χ1) is 11.3. The Kier molecular flexibility index (Phi) is 6.98. The lowest BCUT2D eigenvalue weighted by atomic mass is 9.85. The molecule has 2 N–H and O–H groups in total. The third-order valence-corrected chi connectivity index (χ3v) is 3.71. The summed E-state index contributed by atoms with van der Waals surface area (Å²) in [5, 5.41) is 0. The highest BCUT2D eigenvalue weighted by molar-refractivity contribution is 5.82. The molecule has 0 heterocycles. The van der Waals surface area contributed by atoms with E-state index in [1.54, 1.807) is 0 Å². The molecule has 0 aromatic heterocycles. The Morgan fingerprint density at radius 3 is 2.12 bits per heavy atom. The molecule has 4 nitrogen and oxygen atoms in total.